The van der Waals surface area contributed by atoms with Crippen LogP contribution in [0, 0.1) is 5.92 Å². The third-order valence-corrected chi connectivity index (χ3v) is 11.1. The number of esters is 1. The molecule has 0 spiro atoms. The van der Waals surface area contributed by atoms with Crippen molar-refractivity contribution in [3.8, 4) is 0 Å². The molecule has 6 nitrogen and oxygen atoms in total. The van der Waals surface area contributed by atoms with Crippen LogP contribution in [0.4, 0.5) is 5.82 Å². The number of carbonyl (C=O) groups excluding carboxylic acids is 1. The summed E-state index contributed by atoms with van der Waals surface area (Å²) in [6.45, 7) is 11.5. The van der Waals surface area contributed by atoms with E-state index in [4.69, 9.17) is 9.16 Å². The summed E-state index contributed by atoms with van der Waals surface area (Å²) in [7, 11) is -1.67. The lowest BCUT2D eigenvalue weighted by Crippen LogP contribution is -2.39. The number of anilines is 1. The van der Waals surface area contributed by atoms with E-state index in [9.17, 15) is 4.79 Å². The SMILES string of the molecule is CCOC(=O)c1cnc(SC)nc1N[C@@H]1CC2[C@H](C1)O[Si](C)(C)C2(C)C. The van der Waals surface area contributed by atoms with E-state index in [-0.39, 0.29) is 17.0 Å². The number of nitrogens with one attached hydrogen (secondary N) is 1. The summed E-state index contributed by atoms with van der Waals surface area (Å²) >= 11 is 1.46. The normalized spacial score (nSPS) is 28.6. The van der Waals surface area contributed by atoms with Gasteiger partial charge < -0.3 is 14.5 Å². The van der Waals surface area contributed by atoms with Crippen molar-refractivity contribution in [3.05, 3.63) is 11.8 Å². The maximum Gasteiger partial charge on any atom is 0.343 e. The minimum atomic E-state index is -1.67. The largest absolute Gasteiger partial charge is 0.462 e. The van der Waals surface area contributed by atoms with Crippen LogP contribution in [0.1, 0.15) is 44.0 Å². The monoisotopic (exact) mass is 395 g/mol. The summed E-state index contributed by atoms with van der Waals surface area (Å²) in [6.07, 6.45) is 5.77. The molecule has 1 aromatic heterocycles. The first kappa shape index (κ1) is 19.6. The van der Waals surface area contributed by atoms with Gasteiger partial charge in [-0.1, -0.05) is 25.6 Å². The lowest BCUT2D eigenvalue weighted by atomic mass is 9.91. The molecule has 0 bridgehead atoms. The van der Waals surface area contributed by atoms with E-state index in [1.807, 2.05) is 6.26 Å². The average molecular weight is 396 g/mol. The predicted octanol–water partition coefficient (Wildman–Crippen LogP) is 3.95. The van der Waals surface area contributed by atoms with Gasteiger partial charge in [-0.3, -0.25) is 0 Å². The Balaban J connectivity index is 1.79. The first-order valence-electron chi connectivity index (χ1n) is 9.22. The molecule has 2 aliphatic rings. The molecule has 0 radical (unpaired) electrons. The maximum atomic E-state index is 12.3. The number of ether oxygens (including phenoxy) is 1. The molecule has 1 unspecified atom stereocenters. The molecule has 1 aliphatic carbocycles. The summed E-state index contributed by atoms with van der Waals surface area (Å²) in [4.78, 5) is 21.0. The van der Waals surface area contributed by atoms with Gasteiger partial charge in [0.25, 0.3) is 0 Å². The smallest absolute Gasteiger partial charge is 0.343 e. The first-order chi connectivity index (χ1) is 12.2. The molecular formula is C18H29N3O3SSi. The number of hydrogen-bond acceptors (Lipinski definition) is 7. The number of thioether (sulfide) groups is 1. The zero-order chi connectivity index (χ0) is 19.1. The molecule has 1 aliphatic heterocycles. The summed E-state index contributed by atoms with van der Waals surface area (Å²) in [6, 6.07) is 0.243. The second kappa shape index (κ2) is 7.13. The minimum absolute atomic E-state index is 0.243. The van der Waals surface area contributed by atoms with Crippen LogP contribution in [0.3, 0.4) is 0 Å². The zero-order valence-electron chi connectivity index (χ0n) is 16.5. The molecule has 144 valence electrons. The van der Waals surface area contributed by atoms with Gasteiger partial charge in [-0.2, -0.15) is 0 Å². The van der Waals surface area contributed by atoms with Crippen molar-refractivity contribution in [3.63, 3.8) is 0 Å². The predicted molar refractivity (Wildman–Crippen MR) is 106 cm³/mol. The van der Waals surface area contributed by atoms with E-state index in [2.05, 4.69) is 42.2 Å². The highest BCUT2D eigenvalue weighted by Crippen LogP contribution is 2.59. The van der Waals surface area contributed by atoms with Crippen molar-refractivity contribution < 1.29 is 14.0 Å². The van der Waals surface area contributed by atoms with Crippen LogP contribution >= 0.6 is 11.8 Å². The van der Waals surface area contributed by atoms with Gasteiger partial charge in [0.2, 0.25) is 0 Å². The second-order valence-electron chi connectivity index (χ2n) is 8.15. The van der Waals surface area contributed by atoms with Crippen LogP contribution in [-0.2, 0) is 9.16 Å². The molecule has 26 heavy (non-hydrogen) atoms. The van der Waals surface area contributed by atoms with Crippen LogP contribution in [0.15, 0.2) is 11.4 Å². The standard InChI is InChI=1S/C18H29N3O3SSi/c1-7-23-16(22)12-10-19-17(25-4)21-15(12)20-11-8-13-14(9-11)24-26(5,6)18(13,2)3/h10-11,13-14H,7-9H2,1-6H3,(H,19,20,21)/t11-,13?,14+/m1/s1. The van der Waals surface area contributed by atoms with Crippen LogP contribution in [-0.4, -0.2) is 49.3 Å². The van der Waals surface area contributed by atoms with Crippen LogP contribution in [0.25, 0.3) is 0 Å². The van der Waals surface area contributed by atoms with Crippen molar-refractivity contribution in [1.29, 1.82) is 0 Å². The Labute approximate surface area is 161 Å². The molecule has 0 amide bonds. The fourth-order valence-electron chi connectivity index (χ4n) is 4.11. The average Bonchev–Trinajstić information content (AvgIpc) is 3.03. The van der Waals surface area contributed by atoms with E-state index < -0.39 is 8.32 Å². The molecule has 1 N–H and O–H groups in total. The molecule has 8 heteroatoms. The summed E-state index contributed by atoms with van der Waals surface area (Å²) < 4.78 is 11.6. The molecule has 3 rings (SSSR count). The fraction of sp³-hybridized carbons (Fsp3) is 0.722. The molecule has 2 heterocycles. The van der Waals surface area contributed by atoms with Crippen LogP contribution < -0.4 is 5.32 Å². The molecule has 3 atom stereocenters. The molecule has 1 aromatic rings. The van der Waals surface area contributed by atoms with E-state index >= 15 is 0 Å². The number of carbonyl (C=O) groups is 1. The summed E-state index contributed by atoms with van der Waals surface area (Å²) in [5, 5.41) is 4.37. The van der Waals surface area contributed by atoms with Crippen LogP contribution in [0.5, 0.6) is 0 Å². The van der Waals surface area contributed by atoms with E-state index in [1.165, 1.54) is 11.8 Å². The van der Waals surface area contributed by atoms with Crippen molar-refractivity contribution in [1.82, 2.24) is 9.97 Å². The van der Waals surface area contributed by atoms with Crippen molar-refractivity contribution in [2.75, 3.05) is 18.2 Å². The topological polar surface area (TPSA) is 73.3 Å². The Bertz CT molecular complexity index is 698. The Morgan fingerprint density at radius 1 is 1.46 bits per heavy atom. The van der Waals surface area contributed by atoms with E-state index in [1.54, 1.807) is 13.1 Å². The number of rotatable bonds is 5. The summed E-state index contributed by atoms with van der Waals surface area (Å²) in [5.74, 6) is 0.739. The first-order valence-corrected chi connectivity index (χ1v) is 13.4. The van der Waals surface area contributed by atoms with Gasteiger partial charge in [0, 0.05) is 12.2 Å². The number of hydrogen-bond donors (Lipinski definition) is 1. The maximum absolute atomic E-state index is 12.3. The van der Waals surface area contributed by atoms with Crippen LogP contribution in [0.2, 0.25) is 18.1 Å². The Hall–Kier alpha value is -1.12. The molecular weight excluding hydrogens is 366 g/mol. The van der Waals surface area contributed by atoms with Crippen molar-refractivity contribution in [2.45, 2.75) is 69.0 Å². The third-order valence-electron chi connectivity index (χ3n) is 6.21. The second-order valence-corrected chi connectivity index (χ2v) is 13.5. The van der Waals surface area contributed by atoms with E-state index in [0.717, 1.165) is 12.8 Å². The lowest BCUT2D eigenvalue weighted by molar-refractivity contribution is 0.0526. The van der Waals surface area contributed by atoms with Crippen molar-refractivity contribution in [2.24, 2.45) is 5.92 Å². The van der Waals surface area contributed by atoms with Gasteiger partial charge in [0.15, 0.2) is 13.5 Å². The minimum Gasteiger partial charge on any atom is -0.462 e. The Kier molecular flexibility index (Phi) is 5.38. The number of fused-ring (bicyclic) bond motifs is 1. The van der Waals surface area contributed by atoms with E-state index in [0.29, 0.717) is 35.2 Å². The number of aromatic nitrogens is 2. The molecule has 2 fully saturated rings. The molecule has 0 aromatic carbocycles. The molecule has 1 saturated carbocycles. The Morgan fingerprint density at radius 3 is 2.81 bits per heavy atom. The Morgan fingerprint density at radius 2 is 2.19 bits per heavy atom. The highest BCUT2D eigenvalue weighted by atomic mass is 32.2. The van der Waals surface area contributed by atoms with Gasteiger partial charge in [0.1, 0.15) is 11.4 Å². The third kappa shape index (κ3) is 3.38. The lowest BCUT2D eigenvalue weighted by Gasteiger charge is -2.35. The highest BCUT2D eigenvalue weighted by Gasteiger charge is 2.59. The zero-order valence-corrected chi connectivity index (χ0v) is 18.3. The fourth-order valence-corrected chi connectivity index (χ4v) is 6.97. The van der Waals surface area contributed by atoms with Gasteiger partial charge in [-0.25, -0.2) is 14.8 Å². The number of nitrogens with zero attached hydrogens (tertiary/aromatic N) is 2. The van der Waals surface area contributed by atoms with Gasteiger partial charge in [0.05, 0.1) is 12.7 Å². The van der Waals surface area contributed by atoms with Gasteiger partial charge in [-0.05, 0) is 50.1 Å². The molecule has 1 saturated heterocycles. The quantitative estimate of drug-likeness (QED) is 0.350. The van der Waals surface area contributed by atoms with Crippen molar-refractivity contribution >= 4 is 31.9 Å². The van der Waals surface area contributed by atoms with Gasteiger partial charge >= 0.3 is 5.97 Å². The summed E-state index contributed by atoms with van der Waals surface area (Å²) in [5.41, 5.74) is 0.400. The highest BCUT2D eigenvalue weighted by molar-refractivity contribution is 7.98. The van der Waals surface area contributed by atoms with Gasteiger partial charge in [-0.15, -0.1) is 0 Å².